The van der Waals surface area contributed by atoms with Crippen LogP contribution in [-0.4, -0.2) is 26.6 Å². The number of aliphatic hydroxyl groups is 1. The van der Waals surface area contributed by atoms with Gasteiger partial charge in [0, 0.05) is 12.0 Å². The van der Waals surface area contributed by atoms with Crippen LogP contribution >= 0.6 is 0 Å². The maximum Gasteiger partial charge on any atom is 0.192 e. The fourth-order valence-corrected chi connectivity index (χ4v) is 2.44. The molecule has 0 atom stereocenters. The zero-order chi connectivity index (χ0) is 12.4. The average molecular weight is 242 g/mol. The van der Waals surface area contributed by atoms with E-state index in [-0.39, 0.29) is 17.1 Å². The van der Waals surface area contributed by atoms with E-state index in [4.69, 9.17) is 9.53 Å². The van der Waals surface area contributed by atoms with Crippen LogP contribution in [0.2, 0.25) is 18.1 Å². The lowest BCUT2D eigenvalue weighted by molar-refractivity contribution is 0.240. The third kappa shape index (κ3) is 3.44. The quantitative estimate of drug-likeness (QED) is 0.592. The fraction of sp³-hybridized carbons (Fsp3) is 0.846. The minimum absolute atomic E-state index is 0.141. The van der Waals surface area contributed by atoms with Gasteiger partial charge in [-0.3, -0.25) is 0 Å². The summed E-state index contributed by atoms with van der Waals surface area (Å²) in [6.07, 6.45) is 6.40. The van der Waals surface area contributed by atoms with Crippen LogP contribution in [0.4, 0.5) is 0 Å². The molecule has 0 unspecified atom stereocenters. The summed E-state index contributed by atoms with van der Waals surface area (Å²) < 4.78 is 6.22. The van der Waals surface area contributed by atoms with E-state index >= 15 is 0 Å². The summed E-state index contributed by atoms with van der Waals surface area (Å²) in [4.78, 5) is 0. The van der Waals surface area contributed by atoms with Crippen molar-refractivity contribution in [3.05, 3.63) is 12.2 Å². The van der Waals surface area contributed by atoms with E-state index in [1.165, 1.54) is 12.8 Å². The number of rotatable bonds is 5. The van der Waals surface area contributed by atoms with Gasteiger partial charge in [-0.25, -0.2) is 0 Å². The van der Waals surface area contributed by atoms with Crippen molar-refractivity contribution in [3.63, 3.8) is 0 Å². The van der Waals surface area contributed by atoms with Gasteiger partial charge in [0.2, 0.25) is 0 Å². The largest absolute Gasteiger partial charge is 0.416 e. The smallest absolute Gasteiger partial charge is 0.192 e. The van der Waals surface area contributed by atoms with Crippen LogP contribution in [0.5, 0.6) is 0 Å². The molecular formula is C13H26O2Si. The minimum atomic E-state index is -1.61. The standard InChI is InChI=1S/C13H26O2Si/c1-12(2,3)16(4,5)15-11-13(8-9-13)7-6-10-14/h6-7,14H,8-11H2,1-5H3/b7-6+. The molecule has 1 N–H and O–H groups in total. The molecule has 3 heteroatoms. The summed E-state index contributed by atoms with van der Waals surface area (Å²) in [5, 5.41) is 9.08. The highest BCUT2D eigenvalue weighted by molar-refractivity contribution is 6.74. The first-order chi connectivity index (χ1) is 7.22. The first-order valence-electron chi connectivity index (χ1n) is 6.15. The minimum Gasteiger partial charge on any atom is -0.416 e. The third-order valence-corrected chi connectivity index (χ3v) is 8.47. The van der Waals surface area contributed by atoms with Crippen LogP contribution in [0.25, 0.3) is 0 Å². The molecule has 0 saturated heterocycles. The van der Waals surface area contributed by atoms with Gasteiger partial charge in [-0.05, 0) is 31.0 Å². The molecule has 0 aromatic rings. The fourth-order valence-electron chi connectivity index (χ4n) is 1.36. The molecule has 2 nitrogen and oxygen atoms in total. The lowest BCUT2D eigenvalue weighted by atomic mass is 10.1. The van der Waals surface area contributed by atoms with E-state index in [0.29, 0.717) is 0 Å². The van der Waals surface area contributed by atoms with Gasteiger partial charge in [0.25, 0.3) is 0 Å². The zero-order valence-corrected chi connectivity index (χ0v) is 12.3. The van der Waals surface area contributed by atoms with Crippen molar-refractivity contribution in [2.45, 2.75) is 51.7 Å². The van der Waals surface area contributed by atoms with Crippen molar-refractivity contribution in [2.75, 3.05) is 13.2 Å². The number of hydrogen-bond acceptors (Lipinski definition) is 2. The Balaban J connectivity index is 2.49. The second-order valence-corrected chi connectivity index (χ2v) is 11.3. The Morgan fingerprint density at radius 2 is 1.88 bits per heavy atom. The molecule has 0 aromatic heterocycles. The Morgan fingerprint density at radius 3 is 2.25 bits per heavy atom. The summed E-state index contributed by atoms with van der Waals surface area (Å²) >= 11 is 0. The maximum absolute atomic E-state index is 8.80. The Bertz CT molecular complexity index is 260. The molecular weight excluding hydrogens is 216 g/mol. The first kappa shape index (κ1) is 13.9. The van der Waals surface area contributed by atoms with E-state index in [1.54, 1.807) is 0 Å². The molecule has 0 aromatic carbocycles. The maximum atomic E-state index is 8.80. The molecule has 0 spiro atoms. The number of hydrogen-bond donors (Lipinski definition) is 1. The van der Waals surface area contributed by atoms with E-state index in [0.717, 1.165) is 6.61 Å². The van der Waals surface area contributed by atoms with Gasteiger partial charge in [-0.15, -0.1) is 0 Å². The second kappa shape index (κ2) is 4.63. The van der Waals surface area contributed by atoms with Crippen LogP contribution in [0.3, 0.4) is 0 Å². The summed E-state index contributed by atoms with van der Waals surface area (Å²) in [6.45, 7) is 12.4. The molecule has 0 radical (unpaired) electrons. The van der Waals surface area contributed by atoms with Crippen LogP contribution in [0.15, 0.2) is 12.2 Å². The van der Waals surface area contributed by atoms with Crippen molar-refractivity contribution < 1.29 is 9.53 Å². The topological polar surface area (TPSA) is 29.5 Å². The first-order valence-corrected chi connectivity index (χ1v) is 9.06. The highest BCUT2D eigenvalue weighted by Crippen LogP contribution is 2.49. The van der Waals surface area contributed by atoms with Crippen molar-refractivity contribution in [1.29, 1.82) is 0 Å². The third-order valence-electron chi connectivity index (χ3n) is 4.00. The van der Waals surface area contributed by atoms with Gasteiger partial charge in [0.1, 0.15) is 0 Å². The molecule has 0 bridgehead atoms. The summed E-state index contributed by atoms with van der Waals surface area (Å²) in [6, 6.07) is 0. The highest BCUT2D eigenvalue weighted by atomic mass is 28.4. The molecule has 0 heterocycles. The van der Waals surface area contributed by atoms with Crippen LogP contribution in [0, 0.1) is 5.41 Å². The molecule has 0 aliphatic heterocycles. The Hall–Kier alpha value is -0.123. The Kier molecular flexibility index (Phi) is 4.03. The van der Waals surface area contributed by atoms with Crippen molar-refractivity contribution in [3.8, 4) is 0 Å². The van der Waals surface area contributed by atoms with Crippen molar-refractivity contribution >= 4 is 8.32 Å². The van der Waals surface area contributed by atoms with Gasteiger partial charge < -0.3 is 9.53 Å². The molecule has 0 amide bonds. The van der Waals surface area contributed by atoms with Gasteiger partial charge >= 0.3 is 0 Å². The SMILES string of the molecule is CC(C)(C)[Si](C)(C)OCC1(/C=C/CO)CC1. The lowest BCUT2D eigenvalue weighted by Gasteiger charge is -2.37. The van der Waals surface area contributed by atoms with Gasteiger partial charge in [0.15, 0.2) is 8.32 Å². The Labute approximate surface area is 101 Å². The highest BCUT2D eigenvalue weighted by Gasteiger charge is 2.44. The van der Waals surface area contributed by atoms with Crippen LogP contribution < -0.4 is 0 Å². The molecule has 1 fully saturated rings. The summed E-state index contributed by atoms with van der Waals surface area (Å²) in [5.74, 6) is 0. The van der Waals surface area contributed by atoms with Gasteiger partial charge in [-0.1, -0.05) is 32.9 Å². The summed E-state index contributed by atoms with van der Waals surface area (Å²) in [5.41, 5.74) is 0.248. The molecule has 1 rings (SSSR count). The predicted octanol–water partition coefficient (Wildman–Crippen LogP) is 3.34. The van der Waals surface area contributed by atoms with E-state index in [9.17, 15) is 0 Å². The van der Waals surface area contributed by atoms with Crippen molar-refractivity contribution in [2.24, 2.45) is 5.41 Å². The van der Waals surface area contributed by atoms with E-state index in [2.05, 4.69) is 39.9 Å². The molecule has 1 aliphatic carbocycles. The van der Waals surface area contributed by atoms with Crippen LogP contribution in [0.1, 0.15) is 33.6 Å². The lowest BCUT2D eigenvalue weighted by Crippen LogP contribution is -2.42. The number of aliphatic hydroxyl groups excluding tert-OH is 1. The average Bonchev–Trinajstić information content (AvgIpc) is 2.91. The normalized spacial score (nSPS) is 20.4. The van der Waals surface area contributed by atoms with Crippen molar-refractivity contribution in [1.82, 2.24) is 0 Å². The monoisotopic (exact) mass is 242 g/mol. The van der Waals surface area contributed by atoms with Crippen LogP contribution in [-0.2, 0) is 4.43 Å². The van der Waals surface area contributed by atoms with Gasteiger partial charge in [-0.2, -0.15) is 0 Å². The van der Waals surface area contributed by atoms with Gasteiger partial charge in [0.05, 0.1) is 6.61 Å². The molecule has 94 valence electrons. The second-order valence-electron chi connectivity index (χ2n) is 6.50. The summed E-state index contributed by atoms with van der Waals surface area (Å²) in [7, 11) is -1.61. The molecule has 16 heavy (non-hydrogen) atoms. The Morgan fingerprint density at radius 1 is 1.31 bits per heavy atom. The zero-order valence-electron chi connectivity index (χ0n) is 11.3. The van der Waals surface area contributed by atoms with E-state index in [1.807, 2.05) is 6.08 Å². The van der Waals surface area contributed by atoms with E-state index < -0.39 is 8.32 Å². The predicted molar refractivity (Wildman–Crippen MR) is 71.0 cm³/mol. The molecule has 1 aliphatic rings. The molecule has 1 saturated carbocycles.